The first-order chi connectivity index (χ1) is 13.1. The highest BCUT2D eigenvalue weighted by Gasteiger charge is 2.40. The lowest BCUT2D eigenvalue weighted by Gasteiger charge is -2.27. The van der Waals surface area contributed by atoms with Crippen molar-refractivity contribution in [2.24, 2.45) is 11.8 Å². The summed E-state index contributed by atoms with van der Waals surface area (Å²) in [7, 11) is 0. The van der Waals surface area contributed by atoms with Gasteiger partial charge >= 0.3 is 0 Å². The molecule has 0 aromatic heterocycles. The summed E-state index contributed by atoms with van der Waals surface area (Å²) in [6.45, 7) is 6.07. The fraction of sp³-hybridized carbons (Fsp3) is 0.619. The van der Waals surface area contributed by atoms with Crippen LogP contribution in [0, 0.1) is 11.8 Å². The quantitative estimate of drug-likeness (QED) is 0.844. The van der Waals surface area contributed by atoms with E-state index in [4.69, 9.17) is 0 Å². The van der Waals surface area contributed by atoms with E-state index in [1.807, 2.05) is 40.9 Å². The largest absolute Gasteiger partial charge is 0.336 e. The monoisotopic (exact) mass is 387 g/mol. The molecule has 1 aromatic carbocycles. The Labute approximate surface area is 165 Å². The first-order valence-electron chi connectivity index (χ1n) is 10.0. The SMILES string of the molecule is CSC1CN(C(=O)c2ccc(NC(=O)C3CC3C)cc2)CC1N1CCCC1. The van der Waals surface area contributed by atoms with Crippen LogP contribution in [0.2, 0.25) is 0 Å². The Kier molecular flexibility index (Phi) is 5.46. The van der Waals surface area contributed by atoms with E-state index < -0.39 is 0 Å². The highest BCUT2D eigenvalue weighted by atomic mass is 32.2. The molecule has 4 unspecified atom stereocenters. The van der Waals surface area contributed by atoms with E-state index in [1.54, 1.807) is 0 Å². The van der Waals surface area contributed by atoms with Gasteiger partial charge in [-0.1, -0.05) is 6.92 Å². The predicted molar refractivity (Wildman–Crippen MR) is 110 cm³/mol. The highest BCUT2D eigenvalue weighted by Crippen LogP contribution is 2.38. The van der Waals surface area contributed by atoms with Crippen LogP contribution >= 0.6 is 11.8 Å². The molecule has 146 valence electrons. The van der Waals surface area contributed by atoms with Gasteiger partial charge in [-0.2, -0.15) is 11.8 Å². The summed E-state index contributed by atoms with van der Waals surface area (Å²) in [4.78, 5) is 29.6. The van der Waals surface area contributed by atoms with E-state index in [0.29, 0.717) is 22.8 Å². The summed E-state index contributed by atoms with van der Waals surface area (Å²) in [6, 6.07) is 7.85. The topological polar surface area (TPSA) is 52.7 Å². The molecule has 2 heterocycles. The molecular formula is C21H29N3O2S. The third kappa shape index (κ3) is 4.02. The molecule has 2 saturated heterocycles. The maximum Gasteiger partial charge on any atom is 0.253 e. The molecule has 27 heavy (non-hydrogen) atoms. The minimum atomic E-state index is 0.0948. The minimum absolute atomic E-state index is 0.0948. The van der Waals surface area contributed by atoms with Crippen molar-refractivity contribution in [3.63, 3.8) is 0 Å². The first-order valence-corrected chi connectivity index (χ1v) is 11.3. The Bertz CT molecular complexity index is 702. The van der Waals surface area contributed by atoms with Crippen molar-refractivity contribution in [1.82, 2.24) is 9.80 Å². The first kappa shape index (κ1) is 18.8. The standard InChI is InChI=1S/C21H29N3O2S/c1-14-11-17(14)20(25)22-16-7-5-15(6-8-16)21(26)24-12-18(19(13-24)27-2)23-9-3-4-10-23/h5-8,14,17-19H,3-4,9-13H2,1-2H3,(H,22,25). The Hall–Kier alpha value is -1.53. The van der Waals surface area contributed by atoms with E-state index in [2.05, 4.69) is 23.4 Å². The second-order valence-electron chi connectivity index (χ2n) is 8.18. The van der Waals surface area contributed by atoms with Crippen molar-refractivity contribution in [3.05, 3.63) is 29.8 Å². The van der Waals surface area contributed by atoms with Gasteiger partial charge in [-0.15, -0.1) is 0 Å². The summed E-state index contributed by atoms with van der Waals surface area (Å²) in [5, 5.41) is 3.45. The highest BCUT2D eigenvalue weighted by molar-refractivity contribution is 7.99. The van der Waals surface area contributed by atoms with Gasteiger partial charge in [-0.25, -0.2) is 0 Å². The van der Waals surface area contributed by atoms with Crippen molar-refractivity contribution in [3.8, 4) is 0 Å². The third-order valence-corrected chi connectivity index (χ3v) is 7.35. The molecular weight excluding hydrogens is 358 g/mol. The number of carbonyl (C=O) groups excluding carboxylic acids is 2. The van der Waals surface area contributed by atoms with Gasteiger partial charge in [0.05, 0.1) is 0 Å². The van der Waals surface area contributed by atoms with Crippen LogP contribution in [0.3, 0.4) is 0 Å². The lowest BCUT2D eigenvalue weighted by atomic mass is 10.1. The second kappa shape index (κ2) is 7.84. The lowest BCUT2D eigenvalue weighted by molar-refractivity contribution is -0.117. The van der Waals surface area contributed by atoms with Gasteiger partial charge in [0.2, 0.25) is 5.91 Å². The van der Waals surface area contributed by atoms with Crippen LogP contribution in [0.4, 0.5) is 5.69 Å². The average molecular weight is 388 g/mol. The number of rotatable bonds is 5. The van der Waals surface area contributed by atoms with Gasteiger partial charge in [0.1, 0.15) is 0 Å². The van der Waals surface area contributed by atoms with Crippen LogP contribution in [0.25, 0.3) is 0 Å². The molecule has 4 rings (SSSR count). The molecule has 2 amide bonds. The van der Waals surface area contributed by atoms with Crippen molar-refractivity contribution >= 4 is 29.3 Å². The third-order valence-electron chi connectivity index (χ3n) is 6.28. The molecule has 2 aliphatic heterocycles. The molecule has 0 spiro atoms. The maximum atomic E-state index is 13.0. The van der Waals surface area contributed by atoms with Gasteiger partial charge < -0.3 is 10.2 Å². The number of anilines is 1. The molecule has 0 bridgehead atoms. The van der Waals surface area contributed by atoms with Crippen LogP contribution in [0.15, 0.2) is 24.3 Å². The number of amides is 2. The number of thioether (sulfide) groups is 1. The maximum absolute atomic E-state index is 13.0. The Morgan fingerprint density at radius 3 is 2.37 bits per heavy atom. The van der Waals surface area contributed by atoms with Gasteiger partial charge in [0, 0.05) is 41.6 Å². The molecule has 3 fully saturated rings. The van der Waals surface area contributed by atoms with E-state index in [1.165, 1.54) is 12.8 Å². The van der Waals surface area contributed by atoms with Gasteiger partial charge in [-0.05, 0) is 68.8 Å². The summed E-state index contributed by atoms with van der Waals surface area (Å²) in [6.07, 6.45) is 5.68. The Morgan fingerprint density at radius 1 is 1.11 bits per heavy atom. The summed E-state index contributed by atoms with van der Waals surface area (Å²) in [5.74, 6) is 0.845. The minimum Gasteiger partial charge on any atom is -0.336 e. The predicted octanol–water partition coefficient (Wildman–Crippen LogP) is 2.93. The molecule has 1 N–H and O–H groups in total. The Morgan fingerprint density at radius 2 is 1.78 bits per heavy atom. The zero-order valence-electron chi connectivity index (χ0n) is 16.2. The van der Waals surface area contributed by atoms with Gasteiger partial charge in [0.15, 0.2) is 0 Å². The normalized spacial score (nSPS) is 30.5. The molecule has 3 aliphatic rings. The van der Waals surface area contributed by atoms with Crippen molar-refractivity contribution in [1.29, 1.82) is 0 Å². The van der Waals surface area contributed by atoms with Gasteiger partial charge in [-0.3, -0.25) is 14.5 Å². The number of likely N-dealkylation sites (tertiary alicyclic amines) is 2. The number of carbonyl (C=O) groups is 2. The molecule has 0 radical (unpaired) electrons. The molecule has 5 nitrogen and oxygen atoms in total. The molecule has 1 saturated carbocycles. The number of hydrogen-bond donors (Lipinski definition) is 1. The number of hydrogen-bond acceptors (Lipinski definition) is 4. The second-order valence-corrected chi connectivity index (χ2v) is 9.26. The van der Waals surface area contributed by atoms with E-state index >= 15 is 0 Å². The van der Waals surface area contributed by atoms with Crippen molar-refractivity contribution < 1.29 is 9.59 Å². The molecule has 4 atom stereocenters. The van der Waals surface area contributed by atoms with Crippen LogP contribution in [0.1, 0.15) is 36.5 Å². The molecule has 1 aromatic rings. The number of nitrogens with zero attached hydrogens (tertiary/aromatic N) is 2. The van der Waals surface area contributed by atoms with Crippen LogP contribution in [-0.2, 0) is 4.79 Å². The number of benzene rings is 1. The van der Waals surface area contributed by atoms with Crippen molar-refractivity contribution in [2.45, 2.75) is 37.5 Å². The summed E-state index contributed by atoms with van der Waals surface area (Å²) < 4.78 is 0. The smallest absolute Gasteiger partial charge is 0.253 e. The molecule has 6 heteroatoms. The van der Waals surface area contributed by atoms with Crippen LogP contribution in [0.5, 0.6) is 0 Å². The van der Waals surface area contributed by atoms with Gasteiger partial charge in [0.25, 0.3) is 5.91 Å². The van der Waals surface area contributed by atoms with Crippen molar-refractivity contribution in [2.75, 3.05) is 37.8 Å². The Balaban J connectivity index is 1.38. The lowest BCUT2D eigenvalue weighted by Crippen LogP contribution is -2.40. The zero-order valence-corrected chi connectivity index (χ0v) is 17.0. The van der Waals surface area contributed by atoms with Crippen LogP contribution < -0.4 is 5.32 Å². The fourth-order valence-electron chi connectivity index (χ4n) is 4.38. The van der Waals surface area contributed by atoms with E-state index in [9.17, 15) is 9.59 Å². The van der Waals surface area contributed by atoms with E-state index in [0.717, 1.165) is 38.3 Å². The summed E-state index contributed by atoms with van der Waals surface area (Å²) >= 11 is 1.88. The molecule has 1 aliphatic carbocycles. The van der Waals surface area contributed by atoms with Crippen LogP contribution in [-0.4, -0.2) is 65.3 Å². The van der Waals surface area contributed by atoms with E-state index in [-0.39, 0.29) is 17.7 Å². The zero-order chi connectivity index (χ0) is 19.0. The summed E-state index contributed by atoms with van der Waals surface area (Å²) in [5.41, 5.74) is 1.48. The average Bonchev–Trinajstić information content (AvgIpc) is 3.07. The fourth-order valence-corrected chi connectivity index (χ4v) is 5.28. The number of nitrogens with one attached hydrogen (secondary N) is 1.